The predicted octanol–water partition coefficient (Wildman–Crippen LogP) is 15.4. The fraction of sp³-hybridized carbons (Fsp3) is 0.0385. The lowest BCUT2D eigenvalue weighted by atomic mass is 9.96. The van der Waals surface area contributed by atoms with E-state index in [1.54, 1.807) is 0 Å². The summed E-state index contributed by atoms with van der Waals surface area (Å²) in [5, 5.41) is 6.22. The van der Waals surface area contributed by atoms with Crippen molar-refractivity contribution in [3.63, 3.8) is 0 Å². The molecule has 55 heavy (non-hydrogen) atoms. The number of aryl methyl sites for hydroxylation is 1. The Morgan fingerprint density at radius 3 is 2.13 bits per heavy atom. The topological polar surface area (TPSA) is 16.4 Å². The first-order valence-electron chi connectivity index (χ1n) is 19.0. The second-order valence-electron chi connectivity index (χ2n) is 14.4. The molecule has 0 aliphatic heterocycles. The zero-order valence-corrected chi connectivity index (χ0v) is 30.9. The number of nitrogens with zero attached hydrogens (tertiary/aromatic N) is 1. The van der Waals surface area contributed by atoms with Gasteiger partial charge in [-0.05, 0) is 106 Å². The number of allylic oxidation sites excluding steroid dienone is 1. The van der Waals surface area contributed by atoms with Gasteiger partial charge in [-0.1, -0.05) is 127 Å². The molecule has 2 aromatic heterocycles. The molecule has 0 spiro atoms. The normalized spacial score (nSPS) is 12.5. The van der Waals surface area contributed by atoms with Crippen molar-refractivity contribution in [2.24, 2.45) is 0 Å². The second kappa shape index (κ2) is 13.0. The van der Waals surface area contributed by atoms with Gasteiger partial charge in [0.1, 0.15) is 11.3 Å². The molecule has 0 saturated heterocycles. The average Bonchev–Trinajstić information content (AvgIpc) is 3.82. The first kappa shape index (κ1) is 31.8. The fourth-order valence-corrected chi connectivity index (χ4v) is 9.58. The Hall–Kier alpha value is -6.68. The van der Waals surface area contributed by atoms with Gasteiger partial charge < -0.3 is 9.32 Å². The lowest BCUT2D eigenvalue weighted by Crippen LogP contribution is -2.11. The number of anilines is 3. The summed E-state index contributed by atoms with van der Waals surface area (Å²) in [7, 11) is 0. The number of fused-ring (bicyclic) bond motifs is 7. The van der Waals surface area contributed by atoms with Gasteiger partial charge in [0, 0.05) is 48.8 Å². The second-order valence-corrected chi connectivity index (χ2v) is 15.5. The molecule has 0 atom stereocenters. The van der Waals surface area contributed by atoms with Gasteiger partial charge in [0.2, 0.25) is 0 Å². The number of furan rings is 1. The molecule has 1 aliphatic carbocycles. The van der Waals surface area contributed by atoms with Crippen molar-refractivity contribution >= 4 is 76.4 Å². The largest absolute Gasteiger partial charge is 0.460 e. The number of benzene rings is 8. The van der Waals surface area contributed by atoms with Crippen LogP contribution >= 0.6 is 11.3 Å². The van der Waals surface area contributed by atoms with Gasteiger partial charge in [-0.3, -0.25) is 0 Å². The number of para-hydroxylation sites is 1. The number of hydrogen-bond acceptors (Lipinski definition) is 3. The molecular weight excluding hydrogens is 687 g/mol. The molecule has 11 rings (SSSR count). The summed E-state index contributed by atoms with van der Waals surface area (Å²) in [5.41, 5.74) is 12.6. The Bertz CT molecular complexity index is 3130. The maximum Gasteiger partial charge on any atom is 0.135 e. The van der Waals surface area contributed by atoms with E-state index in [9.17, 15) is 0 Å². The van der Waals surface area contributed by atoms with Gasteiger partial charge in [-0.15, -0.1) is 11.3 Å². The van der Waals surface area contributed by atoms with E-state index in [2.05, 4.69) is 193 Å². The van der Waals surface area contributed by atoms with Crippen LogP contribution < -0.4 is 4.90 Å². The van der Waals surface area contributed by atoms with E-state index < -0.39 is 0 Å². The highest BCUT2D eigenvalue weighted by molar-refractivity contribution is 7.26. The zero-order chi connectivity index (χ0) is 36.3. The van der Waals surface area contributed by atoms with Gasteiger partial charge in [0.25, 0.3) is 0 Å². The molecule has 0 radical (unpaired) electrons. The van der Waals surface area contributed by atoms with Crippen molar-refractivity contribution in [1.29, 1.82) is 0 Å². The highest BCUT2D eigenvalue weighted by Crippen LogP contribution is 2.48. The maximum absolute atomic E-state index is 6.48. The van der Waals surface area contributed by atoms with E-state index in [0.29, 0.717) is 0 Å². The van der Waals surface area contributed by atoms with Gasteiger partial charge in [0.15, 0.2) is 0 Å². The van der Waals surface area contributed by atoms with E-state index in [1.807, 2.05) is 11.3 Å². The van der Waals surface area contributed by atoms with E-state index in [4.69, 9.17) is 4.42 Å². The summed E-state index contributed by atoms with van der Waals surface area (Å²) in [6.45, 7) is 0. The van der Waals surface area contributed by atoms with Crippen LogP contribution in [0.5, 0.6) is 0 Å². The van der Waals surface area contributed by atoms with E-state index in [0.717, 1.165) is 52.4 Å². The maximum atomic E-state index is 6.48. The minimum atomic E-state index is 0.939. The molecule has 0 bridgehead atoms. The third-order valence-electron chi connectivity index (χ3n) is 11.1. The molecule has 2 heterocycles. The molecule has 8 aromatic carbocycles. The average molecular weight is 722 g/mol. The van der Waals surface area contributed by atoms with Crippen LogP contribution in [0.4, 0.5) is 17.1 Å². The van der Waals surface area contributed by atoms with E-state index >= 15 is 0 Å². The van der Waals surface area contributed by atoms with Crippen molar-refractivity contribution in [1.82, 2.24) is 0 Å². The lowest BCUT2D eigenvalue weighted by molar-refractivity contribution is 0.546. The molecule has 2 nitrogen and oxygen atoms in total. The zero-order valence-electron chi connectivity index (χ0n) is 30.1. The van der Waals surface area contributed by atoms with Crippen molar-refractivity contribution < 1.29 is 4.42 Å². The third-order valence-corrected chi connectivity index (χ3v) is 12.2. The lowest BCUT2D eigenvalue weighted by Gasteiger charge is -2.29. The summed E-state index contributed by atoms with van der Waals surface area (Å²) in [6.07, 6.45) is 6.44. The predicted molar refractivity (Wildman–Crippen MR) is 235 cm³/mol. The minimum Gasteiger partial charge on any atom is -0.460 e. The van der Waals surface area contributed by atoms with Gasteiger partial charge in [0.05, 0.1) is 11.4 Å². The minimum absolute atomic E-state index is 0.939. The molecule has 0 N–H and O–H groups in total. The first-order chi connectivity index (χ1) is 27.2. The van der Waals surface area contributed by atoms with E-state index in [-0.39, 0.29) is 0 Å². The quantitative estimate of drug-likeness (QED) is 0.170. The van der Waals surface area contributed by atoms with Crippen molar-refractivity contribution in [3.8, 4) is 33.4 Å². The Balaban J connectivity index is 1.09. The summed E-state index contributed by atoms with van der Waals surface area (Å²) in [4.78, 5) is 2.47. The van der Waals surface area contributed by atoms with Crippen LogP contribution in [-0.4, -0.2) is 0 Å². The van der Waals surface area contributed by atoms with E-state index in [1.165, 1.54) is 64.1 Å². The SMILES string of the molecule is C1=Cc2c(oc3cc(-c4ccccc4N(c4cccc(-c5cccc(-c6ccc7ccccc7c6)c5)c4)c4cccc5sc6ccccc6c45)ccc23)CC1. The molecule has 3 heteroatoms. The molecule has 10 aromatic rings. The monoisotopic (exact) mass is 721 g/mol. The van der Waals surface area contributed by atoms with Gasteiger partial charge in [-0.25, -0.2) is 0 Å². The Labute approximate surface area is 323 Å². The van der Waals surface area contributed by atoms with Crippen molar-refractivity contribution in [2.75, 3.05) is 4.90 Å². The fourth-order valence-electron chi connectivity index (χ4n) is 8.45. The molecule has 0 saturated carbocycles. The molecule has 260 valence electrons. The number of hydrogen-bond donors (Lipinski definition) is 0. The summed E-state index contributed by atoms with van der Waals surface area (Å²) in [6, 6.07) is 64.3. The van der Waals surface area contributed by atoms with Crippen LogP contribution in [-0.2, 0) is 6.42 Å². The van der Waals surface area contributed by atoms with Gasteiger partial charge in [-0.2, -0.15) is 0 Å². The van der Waals surface area contributed by atoms with Crippen LogP contribution in [0, 0.1) is 0 Å². The summed E-state index contributed by atoms with van der Waals surface area (Å²) in [5.74, 6) is 1.09. The molecular formula is C52H35NOS. The Kier molecular flexibility index (Phi) is 7.53. The van der Waals surface area contributed by atoms with Crippen LogP contribution in [0.25, 0.3) is 81.4 Å². The smallest absolute Gasteiger partial charge is 0.135 e. The highest BCUT2D eigenvalue weighted by Gasteiger charge is 2.23. The molecule has 0 amide bonds. The number of rotatable bonds is 6. The van der Waals surface area contributed by atoms with Crippen LogP contribution in [0.3, 0.4) is 0 Å². The highest BCUT2D eigenvalue weighted by atomic mass is 32.1. The standard InChI is InChI=1S/C52H35NOS/c1-2-13-35-30-39(27-26-34(35)12-1)37-15-9-14-36(31-37)38-16-10-17-41(32-38)53(47-22-11-25-51-52(47)45-20-5-8-24-50(45)55-51)46-21-6-3-18-42(46)40-28-29-44-43-19-4-7-23-48(43)54-49(44)33-40/h1-6,8-22,24-33H,7,23H2. The first-order valence-corrected chi connectivity index (χ1v) is 19.8. The summed E-state index contributed by atoms with van der Waals surface area (Å²) < 4.78 is 9.05. The Morgan fingerprint density at radius 1 is 0.491 bits per heavy atom. The van der Waals surface area contributed by atoms with Crippen LogP contribution in [0.2, 0.25) is 0 Å². The third kappa shape index (κ3) is 5.47. The van der Waals surface area contributed by atoms with Gasteiger partial charge >= 0.3 is 0 Å². The van der Waals surface area contributed by atoms with Crippen molar-refractivity contribution in [3.05, 3.63) is 193 Å². The van der Waals surface area contributed by atoms with Crippen LogP contribution in [0.1, 0.15) is 17.7 Å². The molecule has 1 aliphatic rings. The number of thiophene rings is 1. The van der Waals surface area contributed by atoms with Crippen LogP contribution in [0.15, 0.2) is 186 Å². The molecule has 0 unspecified atom stereocenters. The van der Waals surface area contributed by atoms with Crippen molar-refractivity contribution in [2.45, 2.75) is 12.8 Å². The molecule has 0 fully saturated rings. The Morgan fingerprint density at radius 2 is 1.20 bits per heavy atom. The summed E-state index contributed by atoms with van der Waals surface area (Å²) >= 11 is 1.85.